The van der Waals surface area contributed by atoms with Gasteiger partial charge in [0.25, 0.3) is 0 Å². The Labute approximate surface area is 126 Å². The minimum atomic E-state index is 0.277. The second-order valence-electron chi connectivity index (χ2n) is 6.44. The molecule has 5 heteroatoms. The summed E-state index contributed by atoms with van der Waals surface area (Å²) in [6.07, 6.45) is 10.8. The molecule has 2 fully saturated rings. The molecule has 0 spiro atoms. The van der Waals surface area contributed by atoms with Gasteiger partial charge < -0.3 is 14.6 Å². The van der Waals surface area contributed by atoms with Crippen molar-refractivity contribution in [3.05, 3.63) is 11.7 Å². The molecule has 0 aromatic carbocycles. The zero-order valence-electron chi connectivity index (χ0n) is 13.0. The van der Waals surface area contributed by atoms with E-state index < -0.39 is 0 Å². The third-order valence-electron chi connectivity index (χ3n) is 4.93. The van der Waals surface area contributed by atoms with E-state index in [0.717, 1.165) is 43.5 Å². The average Bonchev–Trinajstić information content (AvgIpc) is 3.17. The zero-order chi connectivity index (χ0) is 14.5. The minimum absolute atomic E-state index is 0.277. The SMILES string of the molecule is CNC(Cc1nc(CC2CCCCO2)no1)C1CCCC1. The lowest BCUT2D eigenvalue weighted by molar-refractivity contribution is 0.0153. The normalized spacial score (nSPS) is 25.3. The van der Waals surface area contributed by atoms with Crippen LogP contribution in [-0.2, 0) is 17.6 Å². The van der Waals surface area contributed by atoms with E-state index in [9.17, 15) is 0 Å². The van der Waals surface area contributed by atoms with Crippen LogP contribution < -0.4 is 5.32 Å². The predicted molar refractivity (Wildman–Crippen MR) is 80.1 cm³/mol. The quantitative estimate of drug-likeness (QED) is 0.873. The first-order valence-electron chi connectivity index (χ1n) is 8.45. The van der Waals surface area contributed by atoms with E-state index in [1.807, 2.05) is 7.05 Å². The molecule has 0 bridgehead atoms. The summed E-state index contributed by atoms with van der Waals surface area (Å²) in [4.78, 5) is 4.57. The number of likely N-dealkylation sites (N-methyl/N-ethyl adjacent to an activating group) is 1. The van der Waals surface area contributed by atoms with Crippen LogP contribution in [0.4, 0.5) is 0 Å². The summed E-state index contributed by atoms with van der Waals surface area (Å²) < 4.78 is 11.2. The Morgan fingerprint density at radius 3 is 2.71 bits per heavy atom. The van der Waals surface area contributed by atoms with Crippen LogP contribution in [0, 0.1) is 5.92 Å². The molecular formula is C16H27N3O2. The molecule has 118 valence electrons. The molecule has 0 amide bonds. The Morgan fingerprint density at radius 2 is 2.00 bits per heavy atom. The second kappa shape index (κ2) is 7.36. The molecule has 2 unspecified atom stereocenters. The van der Waals surface area contributed by atoms with E-state index in [1.54, 1.807) is 0 Å². The highest BCUT2D eigenvalue weighted by atomic mass is 16.5. The van der Waals surface area contributed by atoms with Crippen molar-refractivity contribution in [1.82, 2.24) is 15.5 Å². The van der Waals surface area contributed by atoms with Gasteiger partial charge in [-0.2, -0.15) is 4.98 Å². The Morgan fingerprint density at radius 1 is 1.19 bits per heavy atom. The summed E-state index contributed by atoms with van der Waals surface area (Å²) in [5.74, 6) is 2.33. The highest BCUT2D eigenvalue weighted by Crippen LogP contribution is 2.29. The first-order chi connectivity index (χ1) is 10.3. The summed E-state index contributed by atoms with van der Waals surface area (Å²) >= 11 is 0. The van der Waals surface area contributed by atoms with Gasteiger partial charge in [0, 0.05) is 25.5 Å². The third-order valence-corrected chi connectivity index (χ3v) is 4.93. The van der Waals surface area contributed by atoms with Crippen molar-refractivity contribution >= 4 is 0 Å². The van der Waals surface area contributed by atoms with Gasteiger partial charge in [-0.15, -0.1) is 0 Å². The predicted octanol–water partition coefficient (Wildman–Crippen LogP) is 2.50. The first-order valence-corrected chi connectivity index (χ1v) is 8.45. The highest BCUT2D eigenvalue weighted by molar-refractivity contribution is 4.94. The van der Waals surface area contributed by atoms with E-state index >= 15 is 0 Å². The van der Waals surface area contributed by atoms with Crippen LogP contribution in [-0.4, -0.2) is 35.9 Å². The van der Waals surface area contributed by atoms with E-state index in [1.165, 1.54) is 38.5 Å². The van der Waals surface area contributed by atoms with Crippen molar-refractivity contribution in [1.29, 1.82) is 0 Å². The van der Waals surface area contributed by atoms with Crippen molar-refractivity contribution in [3.8, 4) is 0 Å². The fourth-order valence-corrected chi connectivity index (χ4v) is 3.68. The number of rotatable bonds is 6. The van der Waals surface area contributed by atoms with Gasteiger partial charge in [-0.25, -0.2) is 0 Å². The summed E-state index contributed by atoms with van der Waals surface area (Å²) in [5.41, 5.74) is 0. The molecule has 1 aromatic rings. The molecule has 1 saturated heterocycles. The lowest BCUT2D eigenvalue weighted by Gasteiger charge is -2.21. The number of nitrogens with one attached hydrogen (secondary N) is 1. The van der Waals surface area contributed by atoms with Crippen molar-refractivity contribution in [2.24, 2.45) is 5.92 Å². The maximum absolute atomic E-state index is 5.74. The van der Waals surface area contributed by atoms with Gasteiger partial charge in [0.15, 0.2) is 5.82 Å². The molecule has 3 rings (SSSR count). The molecular weight excluding hydrogens is 266 g/mol. The maximum atomic E-state index is 5.74. The average molecular weight is 293 g/mol. The van der Waals surface area contributed by atoms with Crippen molar-refractivity contribution in [2.75, 3.05) is 13.7 Å². The van der Waals surface area contributed by atoms with Crippen LogP contribution >= 0.6 is 0 Å². The molecule has 2 atom stereocenters. The largest absolute Gasteiger partial charge is 0.378 e. The molecule has 5 nitrogen and oxygen atoms in total. The van der Waals surface area contributed by atoms with Crippen LogP contribution in [0.2, 0.25) is 0 Å². The van der Waals surface area contributed by atoms with E-state index in [-0.39, 0.29) is 6.10 Å². The third kappa shape index (κ3) is 4.04. The van der Waals surface area contributed by atoms with E-state index in [0.29, 0.717) is 6.04 Å². The van der Waals surface area contributed by atoms with Crippen LogP contribution in [0.3, 0.4) is 0 Å². The molecule has 2 heterocycles. The fourth-order valence-electron chi connectivity index (χ4n) is 3.68. The number of aromatic nitrogens is 2. The Bertz CT molecular complexity index is 423. The minimum Gasteiger partial charge on any atom is -0.378 e. The molecule has 2 aliphatic rings. The first kappa shape index (κ1) is 15.0. The van der Waals surface area contributed by atoms with Gasteiger partial charge >= 0.3 is 0 Å². The Hall–Kier alpha value is -0.940. The molecule has 21 heavy (non-hydrogen) atoms. The number of ether oxygens (including phenoxy) is 1. The summed E-state index contributed by atoms with van der Waals surface area (Å²) in [5, 5.41) is 7.56. The molecule has 1 aromatic heterocycles. The van der Waals surface area contributed by atoms with Crippen LogP contribution in [0.25, 0.3) is 0 Å². The summed E-state index contributed by atoms with van der Waals surface area (Å²) in [6.45, 7) is 0.874. The van der Waals surface area contributed by atoms with Crippen LogP contribution in [0.15, 0.2) is 4.52 Å². The topological polar surface area (TPSA) is 60.2 Å². The van der Waals surface area contributed by atoms with Gasteiger partial charge in [-0.3, -0.25) is 0 Å². The molecule has 1 N–H and O–H groups in total. The van der Waals surface area contributed by atoms with Crippen molar-refractivity contribution < 1.29 is 9.26 Å². The maximum Gasteiger partial charge on any atom is 0.228 e. The number of nitrogens with zero attached hydrogens (tertiary/aromatic N) is 2. The number of hydrogen-bond acceptors (Lipinski definition) is 5. The van der Waals surface area contributed by atoms with Crippen molar-refractivity contribution in [2.45, 2.75) is 69.9 Å². The molecule has 1 aliphatic heterocycles. The second-order valence-corrected chi connectivity index (χ2v) is 6.44. The lowest BCUT2D eigenvalue weighted by atomic mass is 9.95. The Balaban J connectivity index is 1.53. The van der Waals surface area contributed by atoms with E-state index in [2.05, 4.69) is 15.5 Å². The zero-order valence-corrected chi connectivity index (χ0v) is 13.0. The van der Waals surface area contributed by atoms with Gasteiger partial charge in [-0.1, -0.05) is 18.0 Å². The van der Waals surface area contributed by atoms with Gasteiger partial charge in [-0.05, 0) is 45.1 Å². The highest BCUT2D eigenvalue weighted by Gasteiger charge is 2.26. The smallest absolute Gasteiger partial charge is 0.228 e. The summed E-state index contributed by atoms with van der Waals surface area (Å²) in [7, 11) is 2.04. The van der Waals surface area contributed by atoms with Gasteiger partial charge in [0.05, 0.1) is 6.10 Å². The van der Waals surface area contributed by atoms with Crippen LogP contribution in [0.5, 0.6) is 0 Å². The standard InChI is InChI=1S/C16H27N3O2/c1-17-14(12-6-2-3-7-12)11-16-18-15(19-21-16)10-13-8-4-5-9-20-13/h12-14,17H,2-11H2,1H3. The number of hydrogen-bond donors (Lipinski definition) is 1. The van der Waals surface area contributed by atoms with Crippen molar-refractivity contribution in [3.63, 3.8) is 0 Å². The molecule has 1 aliphatic carbocycles. The fraction of sp³-hybridized carbons (Fsp3) is 0.875. The lowest BCUT2D eigenvalue weighted by Crippen LogP contribution is -2.34. The monoisotopic (exact) mass is 293 g/mol. The summed E-state index contributed by atoms with van der Waals surface area (Å²) in [6, 6.07) is 0.465. The van der Waals surface area contributed by atoms with Gasteiger partial charge in [0.1, 0.15) is 0 Å². The van der Waals surface area contributed by atoms with Crippen LogP contribution in [0.1, 0.15) is 56.7 Å². The molecule has 0 radical (unpaired) electrons. The van der Waals surface area contributed by atoms with E-state index in [4.69, 9.17) is 9.26 Å². The molecule has 1 saturated carbocycles. The van der Waals surface area contributed by atoms with Gasteiger partial charge in [0.2, 0.25) is 5.89 Å². The Kier molecular flexibility index (Phi) is 5.25.